The van der Waals surface area contributed by atoms with Crippen LogP contribution in [0.1, 0.15) is 75.6 Å². The van der Waals surface area contributed by atoms with E-state index in [2.05, 4.69) is 0 Å². The number of aliphatic hydroxyl groups is 4. The standard InChI is InChI=1S/2C22H30O8/c2*1-11(23)3-4-15(5-13-7-17(25)21(29)18(26)8-13)16(12(2)24)6-14-9-19(27)22(30)20(28)10-14/h2*7-12,15-16,23-30H,3-6H2,1-2H3/t11-,12-,15+,16-;11-,12-,15-,16+/m00/s1. The van der Waals surface area contributed by atoms with Crippen LogP contribution in [0.2, 0.25) is 0 Å². The Morgan fingerprint density at radius 2 is 0.517 bits per heavy atom. The molecule has 0 saturated heterocycles. The molecule has 0 spiro atoms. The van der Waals surface area contributed by atoms with Gasteiger partial charge in [-0.2, -0.15) is 0 Å². The summed E-state index contributed by atoms with van der Waals surface area (Å²) in [5.41, 5.74) is 2.10. The summed E-state index contributed by atoms with van der Waals surface area (Å²) < 4.78 is 0. The molecule has 0 aliphatic heterocycles. The average Bonchev–Trinajstić information content (AvgIpc) is 3.15. The Morgan fingerprint density at radius 1 is 0.317 bits per heavy atom. The molecule has 0 aromatic heterocycles. The summed E-state index contributed by atoms with van der Waals surface area (Å²) in [7, 11) is 0. The number of aliphatic hydroxyl groups excluding tert-OH is 4. The topological polar surface area (TPSA) is 324 Å². The summed E-state index contributed by atoms with van der Waals surface area (Å²) >= 11 is 0. The summed E-state index contributed by atoms with van der Waals surface area (Å²) in [6.07, 6.45) is 0.432. The van der Waals surface area contributed by atoms with Crippen LogP contribution in [0.5, 0.6) is 69.0 Å². The predicted octanol–water partition coefficient (Wildman–Crippen LogP) is 4.96. The van der Waals surface area contributed by atoms with Gasteiger partial charge < -0.3 is 81.7 Å². The molecule has 8 atom stereocenters. The molecule has 16 nitrogen and oxygen atoms in total. The van der Waals surface area contributed by atoms with Crippen LogP contribution in [-0.4, -0.2) is 106 Å². The van der Waals surface area contributed by atoms with Gasteiger partial charge in [0.05, 0.1) is 24.4 Å². The largest absolute Gasteiger partial charge is 0.504 e. The Hall–Kier alpha value is -5.68. The maximum atomic E-state index is 10.5. The first kappa shape index (κ1) is 48.7. The van der Waals surface area contributed by atoms with Crippen molar-refractivity contribution >= 4 is 0 Å². The number of benzene rings is 4. The lowest BCUT2D eigenvalue weighted by Crippen LogP contribution is -2.30. The van der Waals surface area contributed by atoms with Crippen LogP contribution in [0.15, 0.2) is 48.5 Å². The number of phenolic OH excluding ortho intramolecular Hbond substituents is 12. The molecule has 0 heterocycles. The molecule has 0 amide bonds. The Labute approximate surface area is 348 Å². The molecule has 16 heteroatoms. The molecule has 0 saturated carbocycles. The van der Waals surface area contributed by atoms with Gasteiger partial charge in [0.1, 0.15) is 0 Å². The van der Waals surface area contributed by atoms with Gasteiger partial charge in [0.2, 0.25) is 0 Å². The predicted molar refractivity (Wildman–Crippen MR) is 220 cm³/mol. The highest BCUT2D eigenvalue weighted by atomic mass is 16.3. The first-order chi connectivity index (χ1) is 28.0. The molecular formula is C44H60O16. The molecule has 4 rings (SSSR count). The number of phenols is 12. The lowest BCUT2D eigenvalue weighted by Gasteiger charge is -2.30. The third kappa shape index (κ3) is 13.7. The maximum absolute atomic E-state index is 10.5. The van der Waals surface area contributed by atoms with Crippen molar-refractivity contribution in [1.82, 2.24) is 0 Å². The molecule has 4 aromatic carbocycles. The van der Waals surface area contributed by atoms with Gasteiger partial charge in [-0.05, 0) is 174 Å². The number of hydrogen-bond donors (Lipinski definition) is 16. The van der Waals surface area contributed by atoms with Crippen molar-refractivity contribution in [3.63, 3.8) is 0 Å². The molecular weight excluding hydrogens is 784 g/mol. The molecule has 16 N–H and O–H groups in total. The van der Waals surface area contributed by atoms with E-state index in [4.69, 9.17) is 0 Å². The van der Waals surface area contributed by atoms with Crippen molar-refractivity contribution in [3.8, 4) is 69.0 Å². The lowest BCUT2D eigenvalue weighted by molar-refractivity contribution is 0.0750. The fraction of sp³-hybridized carbons (Fsp3) is 0.455. The van der Waals surface area contributed by atoms with Crippen LogP contribution in [0.25, 0.3) is 0 Å². The minimum absolute atomic E-state index is 0.207. The van der Waals surface area contributed by atoms with Crippen LogP contribution in [0.4, 0.5) is 0 Å². The van der Waals surface area contributed by atoms with E-state index in [0.717, 1.165) is 0 Å². The van der Waals surface area contributed by atoms with E-state index in [1.165, 1.54) is 48.5 Å². The summed E-state index contributed by atoms with van der Waals surface area (Å²) in [6, 6.07) is 10.6. The van der Waals surface area contributed by atoms with E-state index in [0.29, 0.717) is 60.8 Å². The Morgan fingerprint density at radius 3 is 0.700 bits per heavy atom. The van der Waals surface area contributed by atoms with Gasteiger partial charge in [-0.15, -0.1) is 0 Å². The molecule has 0 radical (unpaired) electrons. The normalized spacial score (nSPS) is 15.5. The molecule has 0 fully saturated rings. The van der Waals surface area contributed by atoms with E-state index >= 15 is 0 Å². The zero-order valence-electron chi connectivity index (χ0n) is 34.0. The van der Waals surface area contributed by atoms with Gasteiger partial charge in [-0.1, -0.05) is 0 Å². The van der Waals surface area contributed by atoms with E-state index < -0.39 is 93.4 Å². The highest BCUT2D eigenvalue weighted by Crippen LogP contribution is 2.42. The highest BCUT2D eigenvalue weighted by molar-refractivity contribution is 5.53. The summed E-state index contributed by atoms with van der Waals surface area (Å²) in [5, 5.41) is 157. The third-order valence-corrected chi connectivity index (χ3v) is 10.8. The summed E-state index contributed by atoms with van der Waals surface area (Å²) in [4.78, 5) is 0. The lowest BCUT2D eigenvalue weighted by atomic mass is 9.77. The second-order valence-corrected chi connectivity index (χ2v) is 15.9. The molecule has 4 aromatic rings. The van der Waals surface area contributed by atoms with Crippen molar-refractivity contribution < 1.29 is 81.7 Å². The fourth-order valence-electron chi connectivity index (χ4n) is 7.57. The van der Waals surface area contributed by atoms with Crippen LogP contribution < -0.4 is 0 Å². The second-order valence-electron chi connectivity index (χ2n) is 15.9. The van der Waals surface area contributed by atoms with E-state index in [1.807, 2.05) is 0 Å². The van der Waals surface area contributed by atoms with E-state index in [9.17, 15) is 81.7 Å². The summed E-state index contributed by atoms with van der Waals surface area (Å²) in [5.74, 6) is -7.32. The highest BCUT2D eigenvalue weighted by Gasteiger charge is 2.30. The quantitative estimate of drug-likeness (QED) is 0.0589. The fourth-order valence-corrected chi connectivity index (χ4v) is 7.57. The first-order valence-corrected chi connectivity index (χ1v) is 19.7. The average molecular weight is 845 g/mol. The van der Waals surface area contributed by atoms with E-state index in [1.54, 1.807) is 27.7 Å². The second kappa shape index (κ2) is 21.5. The zero-order valence-corrected chi connectivity index (χ0v) is 34.0. The molecule has 0 bridgehead atoms. The van der Waals surface area contributed by atoms with Crippen LogP contribution in [-0.2, 0) is 25.7 Å². The SMILES string of the molecule is C[C@H](O)CC[C@@H](Cc1cc(O)c(O)c(O)c1)[C@H](Cc1cc(O)c(O)c(O)c1)[C@H](C)O.C[C@H](O)CC[C@H](Cc1cc(O)c(O)c(O)c1)[C@@H](Cc1cc(O)c(O)c(O)c1)[C@H](C)O. The summed E-state index contributed by atoms with van der Waals surface area (Å²) in [6.45, 7) is 6.54. The van der Waals surface area contributed by atoms with Crippen molar-refractivity contribution in [3.05, 3.63) is 70.8 Å². The molecule has 332 valence electrons. The number of hydrogen-bond acceptors (Lipinski definition) is 16. The van der Waals surface area contributed by atoms with Gasteiger partial charge in [0.25, 0.3) is 0 Å². The minimum Gasteiger partial charge on any atom is -0.504 e. The third-order valence-electron chi connectivity index (χ3n) is 10.8. The number of rotatable bonds is 18. The van der Waals surface area contributed by atoms with Gasteiger partial charge in [0.15, 0.2) is 69.0 Å². The molecule has 60 heavy (non-hydrogen) atoms. The number of aromatic hydroxyl groups is 12. The molecule has 0 unspecified atom stereocenters. The van der Waals surface area contributed by atoms with Gasteiger partial charge in [-0.25, -0.2) is 0 Å². The van der Waals surface area contributed by atoms with Crippen LogP contribution in [0, 0.1) is 23.7 Å². The van der Waals surface area contributed by atoms with Gasteiger partial charge >= 0.3 is 0 Å². The first-order valence-electron chi connectivity index (χ1n) is 19.7. The van der Waals surface area contributed by atoms with Crippen molar-refractivity contribution in [2.24, 2.45) is 23.7 Å². The van der Waals surface area contributed by atoms with Gasteiger partial charge in [-0.3, -0.25) is 0 Å². The Bertz CT molecular complexity index is 1780. The molecule has 0 aliphatic rings. The maximum Gasteiger partial charge on any atom is 0.200 e. The van der Waals surface area contributed by atoms with Crippen LogP contribution in [0.3, 0.4) is 0 Å². The van der Waals surface area contributed by atoms with Crippen LogP contribution >= 0.6 is 0 Å². The van der Waals surface area contributed by atoms with Crippen molar-refractivity contribution in [1.29, 1.82) is 0 Å². The zero-order chi connectivity index (χ0) is 45.2. The van der Waals surface area contributed by atoms with Crippen molar-refractivity contribution in [2.75, 3.05) is 0 Å². The Kier molecular flexibility index (Phi) is 17.5. The monoisotopic (exact) mass is 844 g/mol. The Balaban J connectivity index is 0.000000320. The minimum atomic E-state index is -0.790. The molecule has 0 aliphatic carbocycles. The van der Waals surface area contributed by atoms with Crippen molar-refractivity contribution in [2.45, 2.75) is 103 Å². The smallest absolute Gasteiger partial charge is 0.200 e. The van der Waals surface area contributed by atoms with Gasteiger partial charge in [0, 0.05) is 0 Å². The van der Waals surface area contributed by atoms with E-state index in [-0.39, 0.29) is 36.5 Å².